The molecule has 3 heterocycles. The summed E-state index contributed by atoms with van der Waals surface area (Å²) in [6, 6.07) is 16.8. The van der Waals surface area contributed by atoms with Crippen LogP contribution in [0.4, 0.5) is 11.4 Å². The van der Waals surface area contributed by atoms with Crippen molar-refractivity contribution in [2.45, 2.75) is 39.5 Å². The second-order valence-corrected chi connectivity index (χ2v) is 9.49. The van der Waals surface area contributed by atoms with E-state index in [1.807, 2.05) is 35.9 Å². The van der Waals surface area contributed by atoms with Gasteiger partial charge in [-0.1, -0.05) is 24.3 Å². The number of rotatable bonds is 4. The molecule has 32 heavy (non-hydrogen) atoms. The number of thiazole rings is 1. The first-order chi connectivity index (χ1) is 15.5. The van der Waals surface area contributed by atoms with E-state index in [0.29, 0.717) is 5.92 Å². The van der Waals surface area contributed by atoms with E-state index in [9.17, 15) is 4.79 Å². The number of piperidine rings is 1. The van der Waals surface area contributed by atoms with Gasteiger partial charge in [0.1, 0.15) is 0 Å². The van der Waals surface area contributed by atoms with Gasteiger partial charge in [0.15, 0.2) is 0 Å². The Morgan fingerprint density at radius 2 is 1.84 bits per heavy atom. The minimum Gasteiger partial charge on any atom is -0.369 e. The van der Waals surface area contributed by atoms with Crippen molar-refractivity contribution in [3.05, 3.63) is 64.9 Å². The van der Waals surface area contributed by atoms with Crippen LogP contribution < -0.4 is 10.2 Å². The first-order valence-corrected chi connectivity index (χ1v) is 11.9. The number of benzene rings is 2. The lowest BCUT2D eigenvalue weighted by Crippen LogP contribution is -2.35. The predicted molar refractivity (Wildman–Crippen MR) is 131 cm³/mol. The molecular formula is C25H27N5OS. The van der Waals surface area contributed by atoms with Gasteiger partial charge in [-0.05, 0) is 51.0 Å². The number of aryl methyl sites for hydroxylation is 1. The molecule has 1 atom stereocenters. The van der Waals surface area contributed by atoms with Gasteiger partial charge < -0.3 is 10.2 Å². The van der Waals surface area contributed by atoms with Gasteiger partial charge in [0, 0.05) is 25.9 Å². The highest BCUT2D eigenvalue weighted by atomic mass is 32.1. The molecule has 2 aromatic carbocycles. The number of para-hydroxylation sites is 3. The molecule has 6 nitrogen and oxygen atoms in total. The molecule has 0 bridgehead atoms. The summed E-state index contributed by atoms with van der Waals surface area (Å²) >= 11 is 1.82. The van der Waals surface area contributed by atoms with E-state index < -0.39 is 0 Å². The smallest absolute Gasteiger partial charge is 0.221 e. The third kappa shape index (κ3) is 3.77. The normalized spacial score (nSPS) is 16.5. The van der Waals surface area contributed by atoms with E-state index in [0.717, 1.165) is 54.2 Å². The van der Waals surface area contributed by atoms with Gasteiger partial charge in [-0.15, -0.1) is 11.3 Å². The molecule has 0 aliphatic carbocycles. The molecule has 1 amide bonds. The third-order valence-electron chi connectivity index (χ3n) is 6.12. The Bertz CT molecular complexity index is 1260. The van der Waals surface area contributed by atoms with Crippen molar-refractivity contribution in [1.29, 1.82) is 0 Å². The Balaban J connectivity index is 1.48. The number of fused-ring (bicyclic) bond motifs is 1. The number of hydrogen-bond donors (Lipinski definition) is 1. The maximum absolute atomic E-state index is 11.7. The Morgan fingerprint density at radius 1 is 1.09 bits per heavy atom. The van der Waals surface area contributed by atoms with Crippen molar-refractivity contribution < 1.29 is 4.79 Å². The fraction of sp³-hybridized carbons (Fsp3) is 0.320. The van der Waals surface area contributed by atoms with Crippen LogP contribution in [0.1, 0.15) is 42.1 Å². The van der Waals surface area contributed by atoms with Crippen molar-refractivity contribution in [2.24, 2.45) is 0 Å². The van der Waals surface area contributed by atoms with Crippen molar-refractivity contribution in [2.75, 3.05) is 23.3 Å². The molecule has 2 aromatic heterocycles. The number of amides is 1. The van der Waals surface area contributed by atoms with E-state index in [1.54, 1.807) is 0 Å². The molecule has 5 rings (SSSR count). The molecule has 1 N–H and O–H groups in total. The number of carbonyl (C=O) groups is 1. The number of hydrogen-bond acceptors (Lipinski definition) is 5. The van der Waals surface area contributed by atoms with Gasteiger partial charge in [0.2, 0.25) is 5.91 Å². The average molecular weight is 446 g/mol. The number of carbonyl (C=O) groups excluding carboxylic acids is 1. The van der Waals surface area contributed by atoms with Crippen LogP contribution in [-0.4, -0.2) is 33.8 Å². The molecule has 1 aliphatic rings. The molecule has 1 unspecified atom stereocenters. The quantitative estimate of drug-likeness (QED) is 0.454. The van der Waals surface area contributed by atoms with Gasteiger partial charge in [0.25, 0.3) is 0 Å². The highest BCUT2D eigenvalue weighted by Gasteiger charge is 2.26. The van der Waals surface area contributed by atoms with Crippen molar-refractivity contribution in [3.8, 4) is 5.69 Å². The molecule has 0 spiro atoms. The van der Waals surface area contributed by atoms with Gasteiger partial charge >= 0.3 is 0 Å². The highest BCUT2D eigenvalue weighted by molar-refractivity contribution is 7.18. The number of nitrogens with zero attached hydrogens (tertiary/aromatic N) is 4. The van der Waals surface area contributed by atoms with E-state index >= 15 is 0 Å². The minimum absolute atomic E-state index is 0.0845. The lowest BCUT2D eigenvalue weighted by atomic mass is 9.98. The monoisotopic (exact) mass is 445 g/mol. The summed E-state index contributed by atoms with van der Waals surface area (Å²) in [5.74, 6) is 0.336. The molecule has 4 aromatic rings. The van der Waals surface area contributed by atoms with Gasteiger partial charge in [-0.2, -0.15) is 5.10 Å². The fourth-order valence-electron chi connectivity index (χ4n) is 4.61. The van der Waals surface area contributed by atoms with Gasteiger partial charge in [-0.3, -0.25) is 4.79 Å². The summed E-state index contributed by atoms with van der Waals surface area (Å²) in [5.41, 5.74) is 5.84. The first kappa shape index (κ1) is 20.7. The van der Waals surface area contributed by atoms with Crippen molar-refractivity contribution in [3.63, 3.8) is 0 Å². The summed E-state index contributed by atoms with van der Waals surface area (Å²) in [6.45, 7) is 7.41. The largest absolute Gasteiger partial charge is 0.369 e. The molecule has 1 aliphatic heterocycles. The maximum Gasteiger partial charge on any atom is 0.221 e. The third-order valence-corrected chi connectivity index (χ3v) is 7.32. The zero-order valence-corrected chi connectivity index (χ0v) is 19.4. The van der Waals surface area contributed by atoms with Crippen molar-refractivity contribution in [1.82, 2.24) is 14.8 Å². The SMILES string of the molecule is CC(=O)Nc1c(C)nn(-c2ccccc2N2CCCC(c3nc4ccccc4s3)C2)c1C. The second kappa shape index (κ2) is 8.39. The summed E-state index contributed by atoms with van der Waals surface area (Å²) < 4.78 is 3.21. The molecule has 164 valence electrons. The summed E-state index contributed by atoms with van der Waals surface area (Å²) in [6.07, 6.45) is 2.29. The maximum atomic E-state index is 11.7. The number of aromatic nitrogens is 3. The van der Waals surface area contributed by atoms with E-state index in [-0.39, 0.29) is 5.91 Å². The summed E-state index contributed by atoms with van der Waals surface area (Å²) in [5, 5.41) is 8.92. The lowest BCUT2D eigenvalue weighted by molar-refractivity contribution is -0.114. The lowest BCUT2D eigenvalue weighted by Gasteiger charge is -2.34. The van der Waals surface area contributed by atoms with Crippen LogP contribution in [0.3, 0.4) is 0 Å². The Kier molecular flexibility index (Phi) is 5.43. The summed E-state index contributed by atoms with van der Waals surface area (Å²) in [4.78, 5) is 19.1. The summed E-state index contributed by atoms with van der Waals surface area (Å²) in [7, 11) is 0. The topological polar surface area (TPSA) is 63.1 Å². The fourth-order valence-corrected chi connectivity index (χ4v) is 5.70. The van der Waals surface area contributed by atoms with Crippen LogP contribution >= 0.6 is 11.3 Å². The minimum atomic E-state index is -0.0845. The van der Waals surface area contributed by atoms with Crippen LogP contribution in [0.2, 0.25) is 0 Å². The number of anilines is 2. The predicted octanol–water partition coefficient (Wildman–Crippen LogP) is 5.44. The van der Waals surface area contributed by atoms with Gasteiger partial charge in [0.05, 0.1) is 43.7 Å². The Morgan fingerprint density at radius 3 is 2.62 bits per heavy atom. The Labute approximate surface area is 191 Å². The molecule has 7 heteroatoms. The first-order valence-electron chi connectivity index (χ1n) is 11.0. The highest BCUT2D eigenvalue weighted by Crippen LogP contribution is 2.36. The van der Waals surface area contributed by atoms with E-state index in [1.165, 1.54) is 22.3 Å². The van der Waals surface area contributed by atoms with Crippen LogP contribution in [-0.2, 0) is 4.79 Å². The zero-order chi connectivity index (χ0) is 22.2. The van der Waals surface area contributed by atoms with Crippen LogP contribution in [0.5, 0.6) is 0 Å². The molecule has 0 radical (unpaired) electrons. The molecule has 1 fully saturated rings. The van der Waals surface area contributed by atoms with E-state index in [2.05, 4.69) is 52.7 Å². The zero-order valence-electron chi connectivity index (χ0n) is 18.6. The Hall–Kier alpha value is -3.19. The molecule has 1 saturated heterocycles. The van der Waals surface area contributed by atoms with E-state index in [4.69, 9.17) is 10.1 Å². The van der Waals surface area contributed by atoms with Crippen LogP contribution in [0.15, 0.2) is 48.5 Å². The van der Waals surface area contributed by atoms with Crippen LogP contribution in [0, 0.1) is 13.8 Å². The standard InChI is InChI=1S/C25H27N5OS/c1-16-24(26-18(3)31)17(2)30(28-16)22-12-6-5-11-21(22)29-14-8-9-19(15-29)25-27-20-10-4-7-13-23(20)32-25/h4-7,10-13,19H,8-9,14-15H2,1-3H3,(H,26,31). The van der Waals surface area contributed by atoms with Crippen molar-refractivity contribution >= 4 is 38.8 Å². The molecular weight excluding hydrogens is 418 g/mol. The number of nitrogens with one attached hydrogen (secondary N) is 1. The second-order valence-electron chi connectivity index (χ2n) is 8.43. The molecule has 0 saturated carbocycles. The average Bonchev–Trinajstić information content (AvgIpc) is 3.35. The van der Waals surface area contributed by atoms with Crippen LogP contribution in [0.25, 0.3) is 15.9 Å². The van der Waals surface area contributed by atoms with Gasteiger partial charge in [-0.25, -0.2) is 9.67 Å².